The van der Waals surface area contributed by atoms with Crippen molar-refractivity contribution in [3.8, 4) is 0 Å². The van der Waals surface area contributed by atoms with Gasteiger partial charge in [0.2, 0.25) is 0 Å². The number of anilines is 1. The summed E-state index contributed by atoms with van der Waals surface area (Å²) in [6.45, 7) is 2.93. The second-order valence-electron chi connectivity index (χ2n) is 4.84. The van der Waals surface area contributed by atoms with Gasteiger partial charge in [-0.3, -0.25) is 4.79 Å². The molecule has 5 heteroatoms. The van der Waals surface area contributed by atoms with Gasteiger partial charge in [-0.15, -0.1) is 0 Å². The van der Waals surface area contributed by atoms with Gasteiger partial charge in [0.15, 0.2) is 0 Å². The van der Waals surface area contributed by atoms with Gasteiger partial charge in [0.1, 0.15) is 0 Å². The lowest BCUT2D eigenvalue weighted by atomic mass is 9.97. The highest BCUT2D eigenvalue weighted by Gasteiger charge is 2.26. The number of carbonyl (C=O) groups excluding carboxylic acids is 1. The molecule has 5 nitrogen and oxygen atoms in total. The average molecular weight is 262 g/mol. The van der Waals surface area contributed by atoms with E-state index in [9.17, 15) is 9.59 Å². The largest absolute Gasteiger partial charge is 0.481 e. The summed E-state index contributed by atoms with van der Waals surface area (Å²) < 4.78 is 0. The topological polar surface area (TPSA) is 69.6 Å². The monoisotopic (exact) mass is 262 g/mol. The molecule has 1 fully saturated rings. The molecule has 2 rings (SSSR count). The van der Waals surface area contributed by atoms with Crippen LogP contribution in [0.4, 0.5) is 10.5 Å². The fraction of sp³-hybridized carbons (Fsp3) is 0.429. The third-order valence-electron chi connectivity index (χ3n) is 3.52. The molecule has 1 aliphatic heterocycles. The minimum absolute atomic E-state index is 0.155. The van der Waals surface area contributed by atoms with Crippen molar-refractivity contribution in [2.75, 3.05) is 18.4 Å². The van der Waals surface area contributed by atoms with Crippen LogP contribution in [-0.2, 0) is 4.79 Å². The van der Waals surface area contributed by atoms with Crippen LogP contribution >= 0.6 is 0 Å². The molecule has 0 bridgehead atoms. The highest BCUT2D eigenvalue weighted by Crippen LogP contribution is 2.19. The third-order valence-corrected chi connectivity index (χ3v) is 3.52. The van der Waals surface area contributed by atoms with Crippen LogP contribution in [-0.4, -0.2) is 35.1 Å². The number of hydrogen-bond acceptors (Lipinski definition) is 2. The van der Waals surface area contributed by atoms with Crippen molar-refractivity contribution in [3.05, 3.63) is 29.8 Å². The predicted octanol–water partition coefficient (Wildman–Crippen LogP) is 2.32. The van der Waals surface area contributed by atoms with Crippen molar-refractivity contribution < 1.29 is 14.7 Å². The molecular formula is C14H18N2O3. The first-order valence-corrected chi connectivity index (χ1v) is 6.42. The van der Waals surface area contributed by atoms with E-state index in [4.69, 9.17) is 5.11 Å². The van der Waals surface area contributed by atoms with Crippen LogP contribution in [0, 0.1) is 12.8 Å². The molecule has 0 radical (unpaired) electrons. The van der Waals surface area contributed by atoms with Gasteiger partial charge in [-0.05, 0) is 31.4 Å². The van der Waals surface area contributed by atoms with Crippen molar-refractivity contribution in [2.24, 2.45) is 5.92 Å². The Hall–Kier alpha value is -2.04. The minimum Gasteiger partial charge on any atom is -0.481 e. The zero-order valence-electron chi connectivity index (χ0n) is 10.9. The fourth-order valence-corrected chi connectivity index (χ4v) is 2.24. The van der Waals surface area contributed by atoms with Crippen molar-refractivity contribution in [1.82, 2.24) is 4.90 Å². The summed E-state index contributed by atoms with van der Waals surface area (Å²) in [7, 11) is 0. The lowest BCUT2D eigenvalue weighted by molar-refractivity contribution is -0.143. The van der Waals surface area contributed by atoms with Gasteiger partial charge in [-0.25, -0.2) is 4.79 Å². The standard InChI is InChI=1S/C14H18N2O3/c1-10-4-2-3-5-12(10)15-14(19)16-8-6-11(7-9-16)13(17)18/h2-5,11H,6-9H2,1H3,(H,15,19)(H,17,18). The molecule has 1 aromatic rings. The number of nitrogens with one attached hydrogen (secondary N) is 1. The maximum atomic E-state index is 12.1. The molecule has 1 saturated heterocycles. The number of aliphatic carboxylic acids is 1. The van der Waals surface area contributed by atoms with E-state index in [1.807, 2.05) is 31.2 Å². The number of carboxylic acids is 1. The lowest BCUT2D eigenvalue weighted by Gasteiger charge is -2.30. The highest BCUT2D eigenvalue weighted by molar-refractivity contribution is 5.90. The molecule has 1 aromatic carbocycles. The second-order valence-corrected chi connectivity index (χ2v) is 4.84. The first kappa shape index (κ1) is 13.4. The summed E-state index contributed by atoms with van der Waals surface area (Å²) in [4.78, 5) is 24.6. The number of amides is 2. The molecule has 2 N–H and O–H groups in total. The van der Waals surface area contributed by atoms with E-state index >= 15 is 0 Å². The number of benzene rings is 1. The number of piperidine rings is 1. The van der Waals surface area contributed by atoms with Crippen LogP contribution in [0.2, 0.25) is 0 Å². The average Bonchev–Trinajstić information content (AvgIpc) is 2.41. The Kier molecular flexibility index (Phi) is 4.04. The number of hydrogen-bond donors (Lipinski definition) is 2. The molecule has 2 amide bonds. The summed E-state index contributed by atoms with van der Waals surface area (Å²) in [6, 6.07) is 7.43. The Morgan fingerprint density at radius 3 is 2.47 bits per heavy atom. The zero-order valence-corrected chi connectivity index (χ0v) is 10.9. The molecule has 0 unspecified atom stereocenters. The van der Waals surface area contributed by atoms with Crippen LogP contribution in [0.1, 0.15) is 18.4 Å². The summed E-state index contributed by atoms with van der Waals surface area (Å²) in [6.07, 6.45) is 1.05. The summed E-state index contributed by atoms with van der Waals surface area (Å²) in [5, 5.41) is 11.8. The molecule has 0 aromatic heterocycles. The highest BCUT2D eigenvalue weighted by atomic mass is 16.4. The molecule has 1 aliphatic rings. The Balaban J connectivity index is 1.92. The SMILES string of the molecule is Cc1ccccc1NC(=O)N1CCC(C(=O)O)CC1. The molecule has 1 heterocycles. The van der Waals surface area contributed by atoms with E-state index in [0.717, 1.165) is 11.3 Å². The Labute approximate surface area is 112 Å². The van der Waals surface area contributed by atoms with Gasteiger partial charge >= 0.3 is 12.0 Å². The van der Waals surface area contributed by atoms with E-state index in [1.54, 1.807) is 4.90 Å². The molecule has 0 spiro atoms. The number of nitrogens with zero attached hydrogens (tertiary/aromatic N) is 1. The smallest absolute Gasteiger partial charge is 0.321 e. The van der Waals surface area contributed by atoms with Crippen molar-refractivity contribution in [1.29, 1.82) is 0 Å². The maximum Gasteiger partial charge on any atom is 0.321 e. The minimum atomic E-state index is -0.765. The molecular weight excluding hydrogens is 244 g/mol. The zero-order chi connectivity index (χ0) is 13.8. The van der Waals surface area contributed by atoms with Gasteiger partial charge in [-0.2, -0.15) is 0 Å². The Bertz CT molecular complexity index is 479. The fourth-order valence-electron chi connectivity index (χ4n) is 2.24. The second kappa shape index (κ2) is 5.73. The number of rotatable bonds is 2. The van der Waals surface area contributed by atoms with Crippen LogP contribution in [0.25, 0.3) is 0 Å². The molecule has 102 valence electrons. The van der Waals surface area contributed by atoms with Crippen molar-refractivity contribution in [3.63, 3.8) is 0 Å². The predicted molar refractivity (Wildman–Crippen MR) is 72.1 cm³/mol. The van der Waals surface area contributed by atoms with Crippen LogP contribution in [0.5, 0.6) is 0 Å². The first-order valence-electron chi connectivity index (χ1n) is 6.42. The molecule has 19 heavy (non-hydrogen) atoms. The van der Waals surface area contributed by atoms with Gasteiger partial charge < -0.3 is 15.3 Å². The third kappa shape index (κ3) is 3.24. The van der Waals surface area contributed by atoms with Crippen LogP contribution in [0.15, 0.2) is 24.3 Å². The van der Waals surface area contributed by atoms with E-state index in [1.165, 1.54) is 0 Å². The van der Waals surface area contributed by atoms with Gasteiger partial charge in [0.25, 0.3) is 0 Å². The Morgan fingerprint density at radius 2 is 1.89 bits per heavy atom. The van der Waals surface area contributed by atoms with Crippen LogP contribution in [0.3, 0.4) is 0 Å². The number of aryl methyl sites for hydroxylation is 1. The number of urea groups is 1. The molecule has 0 atom stereocenters. The maximum absolute atomic E-state index is 12.1. The van der Waals surface area contributed by atoms with E-state index in [2.05, 4.69) is 5.32 Å². The lowest BCUT2D eigenvalue weighted by Crippen LogP contribution is -2.42. The summed E-state index contributed by atoms with van der Waals surface area (Å²) >= 11 is 0. The summed E-state index contributed by atoms with van der Waals surface area (Å²) in [5.41, 5.74) is 1.81. The van der Waals surface area contributed by atoms with Gasteiger partial charge in [-0.1, -0.05) is 18.2 Å². The van der Waals surface area contributed by atoms with Crippen molar-refractivity contribution in [2.45, 2.75) is 19.8 Å². The number of para-hydroxylation sites is 1. The number of carbonyl (C=O) groups is 2. The first-order chi connectivity index (χ1) is 9.08. The Morgan fingerprint density at radius 1 is 1.26 bits per heavy atom. The van der Waals surface area contributed by atoms with Gasteiger partial charge in [0, 0.05) is 18.8 Å². The normalized spacial score (nSPS) is 16.2. The number of carboxylic acid groups (broad SMARTS) is 1. The van der Waals surface area contributed by atoms with E-state index < -0.39 is 5.97 Å². The number of likely N-dealkylation sites (tertiary alicyclic amines) is 1. The van der Waals surface area contributed by atoms with E-state index in [-0.39, 0.29) is 11.9 Å². The molecule has 0 saturated carbocycles. The molecule has 0 aliphatic carbocycles. The van der Waals surface area contributed by atoms with Crippen LogP contribution < -0.4 is 5.32 Å². The summed E-state index contributed by atoms with van der Waals surface area (Å²) in [5.74, 6) is -1.08. The van der Waals surface area contributed by atoms with Gasteiger partial charge in [0.05, 0.1) is 5.92 Å². The van der Waals surface area contributed by atoms with E-state index in [0.29, 0.717) is 25.9 Å². The quantitative estimate of drug-likeness (QED) is 0.859. The van der Waals surface area contributed by atoms with Crippen molar-refractivity contribution >= 4 is 17.7 Å².